The van der Waals surface area contributed by atoms with Crippen LogP contribution in [0.5, 0.6) is 0 Å². The molecule has 2 aliphatic carbocycles. The highest BCUT2D eigenvalue weighted by atomic mass is 16.4. The van der Waals surface area contributed by atoms with Gasteiger partial charge in [-0.3, -0.25) is 4.79 Å². The summed E-state index contributed by atoms with van der Waals surface area (Å²) in [5.41, 5.74) is 0.746. The van der Waals surface area contributed by atoms with E-state index >= 15 is 0 Å². The van der Waals surface area contributed by atoms with Crippen LogP contribution in [0.25, 0.3) is 0 Å². The zero-order chi connectivity index (χ0) is 14.7. The SMILES string of the molecule is O=C(O)CCC1CCN(C2CCC3(CCCC3)CC2)CC1. The fraction of sp³-hybridized carbons (Fsp3) is 0.944. The van der Waals surface area contributed by atoms with Gasteiger partial charge in [0.1, 0.15) is 0 Å². The third-order valence-electron chi connectivity index (χ3n) is 6.61. The molecule has 2 saturated carbocycles. The van der Waals surface area contributed by atoms with Crippen LogP contribution in [0.3, 0.4) is 0 Å². The highest BCUT2D eigenvalue weighted by Gasteiger charge is 2.39. The molecule has 0 unspecified atom stereocenters. The van der Waals surface area contributed by atoms with Crippen molar-refractivity contribution < 1.29 is 9.90 Å². The monoisotopic (exact) mass is 293 g/mol. The summed E-state index contributed by atoms with van der Waals surface area (Å²) >= 11 is 0. The highest BCUT2D eigenvalue weighted by molar-refractivity contribution is 5.66. The lowest BCUT2D eigenvalue weighted by Gasteiger charge is -2.44. The van der Waals surface area contributed by atoms with E-state index < -0.39 is 5.97 Å². The maximum absolute atomic E-state index is 10.7. The van der Waals surface area contributed by atoms with E-state index in [1.165, 1.54) is 77.3 Å². The molecule has 3 fully saturated rings. The lowest BCUT2D eigenvalue weighted by Crippen LogP contribution is -2.44. The molecular formula is C18H31NO2. The molecule has 0 aromatic rings. The summed E-state index contributed by atoms with van der Waals surface area (Å²) in [5.74, 6) is 0.0219. The molecule has 0 aromatic carbocycles. The fourth-order valence-electron chi connectivity index (χ4n) is 5.14. The van der Waals surface area contributed by atoms with Crippen molar-refractivity contribution in [3.8, 4) is 0 Å². The summed E-state index contributed by atoms with van der Waals surface area (Å²) in [5, 5.41) is 8.79. The molecule has 120 valence electrons. The third kappa shape index (κ3) is 3.80. The summed E-state index contributed by atoms with van der Waals surface area (Å²) in [7, 11) is 0. The van der Waals surface area contributed by atoms with Gasteiger partial charge in [-0.1, -0.05) is 12.8 Å². The lowest BCUT2D eigenvalue weighted by atomic mass is 9.71. The number of hydrogen-bond donors (Lipinski definition) is 1. The van der Waals surface area contributed by atoms with Gasteiger partial charge in [0.15, 0.2) is 0 Å². The first-order valence-corrected chi connectivity index (χ1v) is 9.13. The summed E-state index contributed by atoms with van der Waals surface area (Å²) < 4.78 is 0. The Bertz CT molecular complexity index is 344. The van der Waals surface area contributed by atoms with Crippen molar-refractivity contribution in [3.05, 3.63) is 0 Å². The molecular weight excluding hydrogens is 262 g/mol. The average Bonchev–Trinajstić information content (AvgIpc) is 2.95. The molecule has 0 radical (unpaired) electrons. The highest BCUT2D eigenvalue weighted by Crippen LogP contribution is 2.49. The minimum Gasteiger partial charge on any atom is -0.481 e. The van der Waals surface area contributed by atoms with Gasteiger partial charge < -0.3 is 10.0 Å². The van der Waals surface area contributed by atoms with Crippen molar-refractivity contribution in [2.24, 2.45) is 11.3 Å². The van der Waals surface area contributed by atoms with E-state index in [-0.39, 0.29) is 0 Å². The molecule has 3 heteroatoms. The minimum absolute atomic E-state index is 0.358. The number of nitrogens with zero attached hydrogens (tertiary/aromatic N) is 1. The Morgan fingerprint density at radius 3 is 2.19 bits per heavy atom. The molecule has 0 aromatic heterocycles. The molecule has 3 nitrogen and oxygen atoms in total. The van der Waals surface area contributed by atoms with Gasteiger partial charge in [0.2, 0.25) is 0 Å². The Morgan fingerprint density at radius 1 is 1.00 bits per heavy atom. The van der Waals surface area contributed by atoms with Gasteiger partial charge in [-0.2, -0.15) is 0 Å². The van der Waals surface area contributed by atoms with Crippen molar-refractivity contribution in [1.29, 1.82) is 0 Å². The molecule has 1 N–H and O–H groups in total. The van der Waals surface area contributed by atoms with Crippen molar-refractivity contribution in [2.75, 3.05) is 13.1 Å². The van der Waals surface area contributed by atoms with E-state index in [9.17, 15) is 4.79 Å². The van der Waals surface area contributed by atoms with Crippen molar-refractivity contribution in [2.45, 2.75) is 83.1 Å². The van der Waals surface area contributed by atoms with E-state index in [4.69, 9.17) is 5.11 Å². The fourth-order valence-corrected chi connectivity index (χ4v) is 5.14. The molecule has 0 atom stereocenters. The molecule has 1 aliphatic heterocycles. The topological polar surface area (TPSA) is 40.5 Å². The van der Waals surface area contributed by atoms with Gasteiger partial charge in [0.25, 0.3) is 0 Å². The van der Waals surface area contributed by atoms with Crippen molar-refractivity contribution in [1.82, 2.24) is 4.90 Å². The predicted molar refractivity (Wildman–Crippen MR) is 84.3 cm³/mol. The van der Waals surface area contributed by atoms with Crippen LogP contribution in [-0.2, 0) is 4.79 Å². The molecule has 1 saturated heterocycles. The maximum Gasteiger partial charge on any atom is 0.303 e. The molecule has 21 heavy (non-hydrogen) atoms. The Kier molecular flexibility index (Phi) is 4.88. The smallest absolute Gasteiger partial charge is 0.303 e. The van der Waals surface area contributed by atoms with Crippen LogP contribution < -0.4 is 0 Å². The van der Waals surface area contributed by atoms with Crippen molar-refractivity contribution in [3.63, 3.8) is 0 Å². The van der Waals surface area contributed by atoms with Crippen LogP contribution in [0, 0.1) is 11.3 Å². The first kappa shape index (κ1) is 15.3. The second-order valence-electron chi connectivity index (χ2n) is 7.85. The predicted octanol–water partition coefficient (Wildman–Crippen LogP) is 4.07. The summed E-state index contributed by atoms with van der Waals surface area (Å²) in [4.78, 5) is 13.4. The number of rotatable bonds is 4. The van der Waals surface area contributed by atoms with Crippen LogP contribution in [-0.4, -0.2) is 35.1 Å². The Balaban J connectivity index is 1.40. The summed E-state index contributed by atoms with van der Waals surface area (Å²) in [6.07, 6.45) is 15.4. The first-order valence-electron chi connectivity index (χ1n) is 9.13. The summed E-state index contributed by atoms with van der Waals surface area (Å²) in [6, 6.07) is 0.830. The Labute approximate surface area is 129 Å². The number of aliphatic carboxylic acids is 1. The van der Waals surface area contributed by atoms with Gasteiger partial charge in [-0.05, 0) is 82.2 Å². The summed E-state index contributed by atoms with van der Waals surface area (Å²) in [6.45, 7) is 2.42. The maximum atomic E-state index is 10.7. The molecule has 0 bridgehead atoms. The minimum atomic E-state index is -0.633. The Hall–Kier alpha value is -0.570. The lowest BCUT2D eigenvalue weighted by molar-refractivity contribution is -0.137. The average molecular weight is 293 g/mol. The quantitative estimate of drug-likeness (QED) is 0.849. The van der Waals surface area contributed by atoms with Crippen LogP contribution in [0.2, 0.25) is 0 Å². The zero-order valence-corrected chi connectivity index (χ0v) is 13.4. The van der Waals surface area contributed by atoms with Gasteiger partial charge in [0.05, 0.1) is 0 Å². The molecule has 1 heterocycles. The number of likely N-dealkylation sites (tertiary alicyclic amines) is 1. The van der Waals surface area contributed by atoms with Gasteiger partial charge in [-0.15, -0.1) is 0 Å². The van der Waals surface area contributed by atoms with E-state index in [0.717, 1.165) is 17.9 Å². The molecule has 1 spiro atoms. The molecule has 3 rings (SSSR count). The van der Waals surface area contributed by atoms with Gasteiger partial charge in [0, 0.05) is 12.5 Å². The number of carboxylic acids is 1. The number of carboxylic acid groups (broad SMARTS) is 1. The van der Waals surface area contributed by atoms with Crippen LogP contribution in [0.15, 0.2) is 0 Å². The van der Waals surface area contributed by atoms with Gasteiger partial charge in [-0.25, -0.2) is 0 Å². The first-order chi connectivity index (χ1) is 10.2. The van der Waals surface area contributed by atoms with Crippen molar-refractivity contribution >= 4 is 5.97 Å². The van der Waals surface area contributed by atoms with Gasteiger partial charge >= 0.3 is 5.97 Å². The number of carbonyl (C=O) groups is 1. The molecule has 3 aliphatic rings. The second-order valence-corrected chi connectivity index (χ2v) is 7.85. The third-order valence-corrected chi connectivity index (χ3v) is 6.61. The van der Waals surface area contributed by atoms with Crippen LogP contribution >= 0.6 is 0 Å². The normalized spacial score (nSPS) is 28.2. The van der Waals surface area contributed by atoms with E-state index in [0.29, 0.717) is 12.3 Å². The van der Waals surface area contributed by atoms with E-state index in [2.05, 4.69) is 4.90 Å². The second kappa shape index (κ2) is 6.68. The largest absolute Gasteiger partial charge is 0.481 e. The zero-order valence-electron chi connectivity index (χ0n) is 13.4. The van der Waals surface area contributed by atoms with E-state index in [1.807, 2.05) is 0 Å². The molecule has 0 amide bonds. The number of hydrogen-bond acceptors (Lipinski definition) is 2. The standard InChI is InChI=1S/C18H31NO2/c20-17(21)4-3-15-7-13-19(14-8-15)16-5-11-18(12-6-16)9-1-2-10-18/h15-16H,1-14H2,(H,20,21). The Morgan fingerprint density at radius 2 is 1.62 bits per heavy atom. The van der Waals surface area contributed by atoms with E-state index in [1.54, 1.807) is 0 Å². The van der Waals surface area contributed by atoms with Crippen LogP contribution in [0.4, 0.5) is 0 Å². The van der Waals surface area contributed by atoms with Crippen LogP contribution in [0.1, 0.15) is 77.0 Å². The number of piperidine rings is 1.